The molecule has 0 spiro atoms. The van der Waals surface area contributed by atoms with Gasteiger partial charge in [0.1, 0.15) is 10.7 Å². The molecule has 2 aromatic rings. The van der Waals surface area contributed by atoms with Crippen LogP contribution in [-0.4, -0.2) is 95.9 Å². The molecule has 14 heteroatoms. The number of likely N-dealkylation sites (tertiary alicyclic amines) is 1. The normalized spacial score (nSPS) is 17.8. The number of piperidine rings is 1. The summed E-state index contributed by atoms with van der Waals surface area (Å²) in [6.07, 6.45) is 6.25. The molecule has 0 bridgehead atoms. The smallest absolute Gasteiger partial charge is 0.308 e. The first kappa shape index (κ1) is 48.4. The summed E-state index contributed by atoms with van der Waals surface area (Å²) in [6, 6.07) is 7.40. The Balaban J connectivity index is 1.82. The van der Waals surface area contributed by atoms with E-state index in [2.05, 4.69) is 45.7 Å². The Hall–Kier alpha value is -2.94. The van der Waals surface area contributed by atoms with Crippen molar-refractivity contribution in [3.05, 3.63) is 51.5 Å². The van der Waals surface area contributed by atoms with Gasteiger partial charge in [-0.15, -0.1) is 11.3 Å². The van der Waals surface area contributed by atoms with Crippen LogP contribution < -0.4 is 5.32 Å². The number of hydrogen-bond donors (Lipinski definition) is 1. The second-order valence-corrected chi connectivity index (χ2v) is 19.3. The summed E-state index contributed by atoms with van der Waals surface area (Å²) < 4.78 is 11.1. The molecule has 0 radical (unpaired) electrons. The largest absolute Gasteiger partial charge is 0.466 e. The predicted octanol–water partition coefficient (Wildman–Crippen LogP) is 8.17. The summed E-state index contributed by atoms with van der Waals surface area (Å²) in [5.74, 6) is -1.21. The van der Waals surface area contributed by atoms with Crippen LogP contribution in [0.25, 0.3) is 0 Å². The van der Waals surface area contributed by atoms with Crippen molar-refractivity contribution >= 4 is 62.5 Å². The van der Waals surface area contributed by atoms with Gasteiger partial charge in [0.25, 0.3) is 5.91 Å². The minimum Gasteiger partial charge on any atom is -0.466 e. The van der Waals surface area contributed by atoms with Crippen molar-refractivity contribution < 1.29 is 33.4 Å². The number of likely N-dealkylation sites (N-methyl/N-ethyl adjacent to an activating group) is 1. The highest BCUT2D eigenvalue weighted by Crippen LogP contribution is 2.33. The number of nitrogens with one attached hydrogen (secondary N) is 1. The number of ether oxygens (including phenoxy) is 2. The Morgan fingerprint density at radius 1 is 1.04 bits per heavy atom. The Morgan fingerprint density at radius 2 is 1.72 bits per heavy atom. The van der Waals surface area contributed by atoms with Crippen molar-refractivity contribution in [3.63, 3.8) is 0 Å². The van der Waals surface area contributed by atoms with Gasteiger partial charge in [0, 0.05) is 55.9 Å². The van der Waals surface area contributed by atoms with E-state index < -0.39 is 29.8 Å². The van der Waals surface area contributed by atoms with Crippen LogP contribution in [0.2, 0.25) is 0 Å². The van der Waals surface area contributed by atoms with Gasteiger partial charge in [-0.25, -0.2) is 4.98 Å². The summed E-state index contributed by atoms with van der Waals surface area (Å²) in [7, 11) is 7.26. The lowest BCUT2D eigenvalue weighted by molar-refractivity contribution is -0.150. The molecule has 7 atom stereocenters. The van der Waals surface area contributed by atoms with Gasteiger partial charge >= 0.3 is 11.9 Å². The molecule has 1 N–H and O–H groups in total. The maximum atomic E-state index is 14.3. The highest BCUT2D eigenvalue weighted by Gasteiger charge is 2.37. The number of amides is 2. The predicted molar refractivity (Wildman–Crippen MR) is 232 cm³/mol. The Bertz CT molecular complexity index is 1600. The maximum Gasteiger partial charge on any atom is 0.308 e. The number of benzene rings is 1. The highest BCUT2D eigenvalue weighted by atomic mass is 33.1. The summed E-state index contributed by atoms with van der Waals surface area (Å²) >= 11 is 1.23. The van der Waals surface area contributed by atoms with Crippen molar-refractivity contribution in [2.75, 3.05) is 33.5 Å². The van der Waals surface area contributed by atoms with Gasteiger partial charge in [-0.2, -0.15) is 0 Å². The molecule has 1 fully saturated rings. The van der Waals surface area contributed by atoms with Gasteiger partial charge in [-0.3, -0.25) is 28.9 Å². The third kappa shape index (κ3) is 15.0. The van der Waals surface area contributed by atoms with E-state index in [0.29, 0.717) is 17.8 Å². The van der Waals surface area contributed by atoms with Crippen LogP contribution in [0, 0.1) is 23.7 Å². The van der Waals surface area contributed by atoms with Crippen LogP contribution >= 0.6 is 32.9 Å². The van der Waals surface area contributed by atoms with E-state index in [1.165, 1.54) is 23.8 Å². The SMILES string of the molecule is CCOC(=O)[C@@H](C)C[C@H](Cc1ccc(CSSC)cc1)NC(=O)c1csc([C@@H](C[C@H](C(C)C)N(C)C(=O)[C@@H](CC(=O)[C@H]2CCCCN2C)[C@@H](C)CC)OC(C)=O)n1. The molecule has 0 unspecified atom stereocenters. The molecular formula is C43H66N4O7S3. The van der Waals surface area contributed by atoms with E-state index in [4.69, 9.17) is 9.47 Å². The number of carbonyl (C=O) groups excluding carboxylic acids is 5. The number of aromatic nitrogens is 1. The molecule has 1 saturated heterocycles. The standard InChI is InChI=1S/C43H66N4O7S3/c1-11-28(5)34(23-38(49)36-15-13-14-20-46(36)8)42(51)47(9)37(27(3)4)24-39(54-30(7)48)41-45-35(26-56-41)40(50)44-33(21-29(6)43(52)53-12-2)22-31-16-18-32(19-17-31)25-57-55-10/h16-19,26-29,33-34,36-37,39H,11-15,20-25H2,1-10H3,(H,44,50)/t28-,29-,33+,34-,36+,37+,39+/m0/s1. The molecule has 3 rings (SSSR count). The lowest BCUT2D eigenvalue weighted by Gasteiger charge is -2.37. The van der Waals surface area contributed by atoms with Crippen LogP contribution in [0.4, 0.5) is 0 Å². The van der Waals surface area contributed by atoms with Gasteiger partial charge < -0.3 is 19.7 Å². The quantitative estimate of drug-likeness (QED) is 0.0858. The number of rotatable bonds is 23. The van der Waals surface area contributed by atoms with Crippen LogP contribution in [-0.2, 0) is 40.8 Å². The molecule has 1 aromatic carbocycles. The number of thiazole rings is 1. The van der Waals surface area contributed by atoms with Crippen molar-refractivity contribution in [2.24, 2.45) is 23.7 Å². The molecule has 0 saturated carbocycles. The van der Waals surface area contributed by atoms with Gasteiger partial charge in [0.15, 0.2) is 11.9 Å². The van der Waals surface area contributed by atoms with Gasteiger partial charge in [-0.05, 0) is 75.4 Å². The summed E-state index contributed by atoms with van der Waals surface area (Å²) in [4.78, 5) is 75.3. The van der Waals surface area contributed by atoms with Crippen molar-refractivity contribution in [3.8, 4) is 0 Å². The maximum absolute atomic E-state index is 14.3. The van der Waals surface area contributed by atoms with E-state index in [-0.39, 0.29) is 72.8 Å². The van der Waals surface area contributed by atoms with Gasteiger partial charge in [-0.1, -0.05) is 93.3 Å². The third-order valence-electron chi connectivity index (χ3n) is 11.1. The first-order valence-corrected chi connectivity index (χ1v) is 24.0. The number of Topliss-reactive ketones (excluding diaryl/α,β-unsaturated/α-hetero) is 1. The fourth-order valence-electron chi connectivity index (χ4n) is 7.56. The number of esters is 2. The molecule has 0 aliphatic carbocycles. The first-order chi connectivity index (χ1) is 27.1. The molecule has 57 heavy (non-hydrogen) atoms. The first-order valence-electron chi connectivity index (χ1n) is 20.4. The van der Waals surface area contributed by atoms with Crippen LogP contribution in [0.15, 0.2) is 29.6 Å². The summed E-state index contributed by atoms with van der Waals surface area (Å²) in [5, 5.41) is 5.21. The van der Waals surface area contributed by atoms with E-state index in [9.17, 15) is 24.0 Å². The lowest BCUT2D eigenvalue weighted by atomic mass is 9.83. The van der Waals surface area contributed by atoms with Gasteiger partial charge in [0.05, 0.1) is 18.6 Å². The third-order valence-corrected chi connectivity index (χ3v) is 13.8. The number of carbonyl (C=O) groups is 5. The number of nitrogens with zero attached hydrogens (tertiary/aromatic N) is 3. The zero-order valence-electron chi connectivity index (χ0n) is 35.7. The van der Waals surface area contributed by atoms with E-state index in [0.717, 1.165) is 43.5 Å². The summed E-state index contributed by atoms with van der Waals surface area (Å²) in [5.41, 5.74) is 2.42. The van der Waals surface area contributed by atoms with Crippen LogP contribution in [0.5, 0.6) is 0 Å². The van der Waals surface area contributed by atoms with Crippen molar-refractivity contribution in [1.82, 2.24) is 20.1 Å². The Morgan fingerprint density at radius 3 is 2.32 bits per heavy atom. The molecule has 1 aliphatic heterocycles. The molecule has 2 amide bonds. The minimum atomic E-state index is -0.807. The number of ketones is 1. The van der Waals surface area contributed by atoms with Crippen LogP contribution in [0.3, 0.4) is 0 Å². The minimum absolute atomic E-state index is 0.00227. The van der Waals surface area contributed by atoms with Crippen molar-refractivity contribution in [1.29, 1.82) is 0 Å². The fourth-order valence-corrected chi connectivity index (χ4v) is 9.60. The summed E-state index contributed by atoms with van der Waals surface area (Å²) in [6.45, 7) is 14.2. The lowest BCUT2D eigenvalue weighted by Crippen LogP contribution is -2.48. The molecular weight excluding hydrogens is 781 g/mol. The molecule has 1 aromatic heterocycles. The fraction of sp³-hybridized carbons (Fsp3) is 0.674. The zero-order chi connectivity index (χ0) is 42.2. The van der Waals surface area contributed by atoms with Crippen molar-refractivity contribution in [2.45, 2.75) is 130 Å². The second-order valence-electron chi connectivity index (χ2n) is 15.8. The molecule has 1 aliphatic rings. The number of hydrogen-bond acceptors (Lipinski definition) is 12. The topological polar surface area (TPSA) is 135 Å². The second kappa shape index (κ2) is 24.2. The molecule has 11 nitrogen and oxygen atoms in total. The Kier molecular flexibility index (Phi) is 20.6. The monoisotopic (exact) mass is 846 g/mol. The Labute approximate surface area is 353 Å². The van der Waals surface area contributed by atoms with Gasteiger partial charge in [0.2, 0.25) is 5.91 Å². The van der Waals surface area contributed by atoms with E-state index >= 15 is 0 Å². The average molecular weight is 847 g/mol. The van der Waals surface area contributed by atoms with E-state index in [1.807, 2.05) is 34.7 Å². The molecule has 318 valence electrons. The van der Waals surface area contributed by atoms with Crippen LogP contribution in [0.1, 0.15) is 126 Å². The average Bonchev–Trinajstić information content (AvgIpc) is 3.68. The zero-order valence-corrected chi connectivity index (χ0v) is 38.2. The molecule has 2 heterocycles. The highest BCUT2D eigenvalue weighted by molar-refractivity contribution is 8.76. The van der Waals surface area contributed by atoms with E-state index in [1.54, 1.807) is 52.8 Å².